The summed E-state index contributed by atoms with van der Waals surface area (Å²) in [5.41, 5.74) is 2.13. The average molecular weight is 316 g/mol. The molecule has 0 unspecified atom stereocenters. The predicted octanol–water partition coefficient (Wildman–Crippen LogP) is 3.96. The molecule has 2 heterocycles. The summed E-state index contributed by atoms with van der Waals surface area (Å²) in [6.45, 7) is 1.97. The second-order valence-corrected chi connectivity index (χ2v) is 7.40. The van der Waals surface area contributed by atoms with Gasteiger partial charge in [-0.05, 0) is 32.3 Å². The standard InChI is InChI=1S/C17H20N2O2S/c1-10-9-12-13(21-10)7-8-14-15(12)18-17(22-14)19(2)16(20)11-5-3-4-6-11/h9,11H,3-8H2,1-2H3. The number of thiazole rings is 1. The number of anilines is 1. The normalized spacial score (nSPS) is 17.4. The van der Waals surface area contributed by atoms with Crippen LogP contribution in [0.4, 0.5) is 5.13 Å². The van der Waals surface area contributed by atoms with E-state index in [1.54, 1.807) is 16.2 Å². The molecule has 0 aromatic carbocycles. The largest absolute Gasteiger partial charge is 0.466 e. The fraction of sp³-hybridized carbons (Fsp3) is 0.529. The van der Waals surface area contributed by atoms with Crippen molar-refractivity contribution in [2.75, 3.05) is 11.9 Å². The van der Waals surface area contributed by atoms with Gasteiger partial charge in [-0.15, -0.1) is 11.3 Å². The lowest BCUT2D eigenvalue weighted by Gasteiger charge is -2.17. The summed E-state index contributed by atoms with van der Waals surface area (Å²) in [4.78, 5) is 20.4. The minimum atomic E-state index is 0.192. The van der Waals surface area contributed by atoms with E-state index >= 15 is 0 Å². The molecule has 2 aliphatic carbocycles. The van der Waals surface area contributed by atoms with Crippen molar-refractivity contribution >= 4 is 22.4 Å². The van der Waals surface area contributed by atoms with Gasteiger partial charge in [-0.3, -0.25) is 9.69 Å². The van der Waals surface area contributed by atoms with Crippen LogP contribution in [0.15, 0.2) is 10.5 Å². The summed E-state index contributed by atoms with van der Waals surface area (Å²) in [5, 5.41) is 0.827. The van der Waals surface area contributed by atoms with E-state index in [-0.39, 0.29) is 11.8 Å². The number of fused-ring (bicyclic) bond motifs is 3. The molecular formula is C17H20N2O2S. The monoisotopic (exact) mass is 316 g/mol. The van der Waals surface area contributed by atoms with Gasteiger partial charge in [0.05, 0.1) is 5.69 Å². The Kier molecular flexibility index (Phi) is 3.33. The summed E-state index contributed by atoms with van der Waals surface area (Å²) in [6.07, 6.45) is 6.29. The van der Waals surface area contributed by atoms with Crippen molar-refractivity contribution in [2.24, 2.45) is 5.92 Å². The Balaban J connectivity index is 1.65. The van der Waals surface area contributed by atoms with Crippen LogP contribution in [-0.4, -0.2) is 17.9 Å². The van der Waals surface area contributed by atoms with Gasteiger partial charge in [-0.25, -0.2) is 4.98 Å². The summed E-state index contributed by atoms with van der Waals surface area (Å²) in [7, 11) is 1.87. The topological polar surface area (TPSA) is 46.3 Å². The lowest BCUT2D eigenvalue weighted by atomic mass is 10.0. The molecule has 1 fully saturated rings. The van der Waals surface area contributed by atoms with Crippen molar-refractivity contribution in [2.45, 2.75) is 45.4 Å². The lowest BCUT2D eigenvalue weighted by molar-refractivity contribution is -0.121. The quantitative estimate of drug-likeness (QED) is 0.842. The number of furan rings is 1. The Morgan fingerprint density at radius 1 is 1.36 bits per heavy atom. The summed E-state index contributed by atoms with van der Waals surface area (Å²) in [6, 6.07) is 2.07. The zero-order chi connectivity index (χ0) is 15.3. The van der Waals surface area contributed by atoms with Gasteiger partial charge in [0.2, 0.25) is 5.91 Å². The molecule has 4 nitrogen and oxygen atoms in total. The zero-order valence-electron chi connectivity index (χ0n) is 13.0. The van der Waals surface area contributed by atoms with Crippen LogP contribution in [0.5, 0.6) is 0 Å². The summed E-state index contributed by atoms with van der Waals surface area (Å²) in [5.74, 6) is 2.39. The number of hydrogen-bond donors (Lipinski definition) is 0. The Hall–Kier alpha value is -1.62. The van der Waals surface area contributed by atoms with Gasteiger partial charge in [0, 0.05) is 29.8 Å². The highest BCUT2D eigenvalue weighted by Gasteiger charge is 2.30. The minimum Gasteiger partial charge on any atom is -0.466 e. The van der Waals surface area contributed by atoms with Gasteiger partial charge in [0.1, 0.15) is 11.5 Å². The first-order valence-electron chi connectivity index (χ1n) is 8.00. The van der Waals surface area contributed by atoms with E-state index in [2.05, 4.69) is 6.07 Å². The summed E-state index contributed by atoms with van der Waals surface area (Å²) < 4.78 is 5.75. The third-order valence-electron chi connectivity index (χ3n) is 4.77. The van der Waals surface area contributed by atoms with Gasteiger partial charge in [-0.2, -0.15) is 0 Å². The van der Waals surface area contributed by atoms with Crippen LogP contribution in [0.1, 0.15) is 42.1 Å². The fourth-order valence-corrected chi connectivity index (χ4v) is 4.62. The predicted molar refractivity (Wildman–Crippen MR) is 87.3 cm³/mol. The van der Waals surface area contributed by atoms with Crippen LogP contribution in [0.25, 0.3) is 11.3 Å². The average Bonchev–Trinajstić information content (AvgIpc) is 3.22. The van der Waals surface area contributed by atoms with E-state index in [9.17, 15) is 4.79 Å². The smallest absolute Gasteiger partial charge is 0.231 e. The molecule has 0 aliphatic heterocycles. The van der Waals surface area contributed by atoms with Gasteiger partial charge in [0.15, 0.2) is 5.13 Å². The van der Waals surface area contributed by atoms with E-state index in [0.717, 1.165) is 53.6 Å². The van der Waals surface area contributed by atoms with Crippen molar-refractivity contribution in [1.29, 1.82) is 0 Å². The first kappa shape index (κ1) is 14.0. The molecule has 116 valence electrons. The second-order valence-electron chi connectivity index (χ2n) is 6.34. The second kappa shape index (κ2) is 5.23. The van der Waals surface area contributed by atoms with E-state index in [1.807, 2.05) is 14.0 Å². The van der Waals surface area contributed by atoms with E-state index in [4.69, 9.17) is 9.40 Å². The Labute approximate surface area is 134 Å². The molecule has 2 aromatic heterocycles. The highest BCUT2D eigenvalue weighted by molar-refractivity contribution is 7.16. The molecule has 4 rings (SSSR count). The maximum Gasteiger partial charge on any atom is 0.231 e. The number of carbonyl (C=O) groups is 1. The molecule has 0 saturated heterocycles. The molecule has 5 heteroatoms. The number of carbonyl (C=O) groups excluding carboxylic acids is 1. The van der Waals surface area contributed by atoms with Crippen molar-refractivity contribution in [3.63, 3.8) is 0 Å². The van der Waals surface area contributed by atoms with Crippen molar-refractivity contribution in [3.8, 4) is 11.3 Å². The van der Waals surface area contributed by atoms with Crippen molar-refractivity contribution in [1.82, 2.24) is 4.98 Å². The number of amides is 1. The Morgan fingerprint density at radius 3 is 2.91 bits per heavy atom. The third-order valence-corrected chi connectivity index (χ3v) is 5.97. The Bertz CT molecular complexity index is 725. The fourth-order valence-electron chi connectivity index (χ4n) is 3.58. The molecule has 2 aromatic rings. The number of aryl methyl sites for hydroxylation is 3. The molecule has 1 saturated carbocycles. The van der Waals surface area contributed by atoms with Crippen LogP contribution >= 0.6 is 11.3 Å². The van der Waals surface area contributed by atoms with Gasteiger partial charge < -0.3 is 4.42 Å². The molecule has 0 bridgehead atoms. The molecule has 1 amide bonds. The van der Waals surface area contributed by atoms with E-state index in [0.29, 0.717) is 0 Å². The van der Waals surface area contributed by atoms with Gasteiger partial charge in [-0.1, -0.05) is 12.8 Å². The molecule has 2 aliphatic rings. The molecule has 0 radical (unpaired) electrons. The summed E-state index contributed by atoms with van der Waals surface area (Å²) >= 11 is 1.66. The molecule has 0 spiro atoms. The molecule has 22 heavy (non-hydrogen) atoms. The van der Waals surface area contributed by atoms with Gasteiger partial charge in [0.25, 0.3) is 0 Å². The van der Waals surface area contributed by atoms with E-state index < -0.39 is 0 Å². The number of aromatic nitrogens is 1. The zero-order valence-corrected chi connectivity index (χ0v) is 13.8. The maximum atomic E-state index is 12.6. The molecule has 0 N–H and O–H groups in total. The number of hydrogen-bond acceptors (Lipinski definition) is 4. The van der Waals surface area contributed by atoms with Crippen LogP contribution in [0.3, 0.4) is 0 Å². The van der Waals surface area contributed by atoms with E-state index in [1.165, 1.54) is 17.7 Å². The highest BCUT2D eigenvalue weighted by Crippen LogP contribution is 2.41. The van der Waals surface area contributed by atoms with Crippen LogP contribution in [0, 0.1) is 12.8 Å². The van der Waals surface area contributed by atoms with Crippen molar-refractivity contribution in [3.05, 3.63) is 22.5 Å². The van der Waals surface area contributed by atoms with Crippen LogP contribution < -0.4 is 4.90 Å². The Morgan fingerprint density at radius 2 is 2.14 bits per heavy atom. The maximum absolute atomic E-state index is 12.6. The van der Waals surface area contributed by atoms with Crippen LogP contribution in [0.2, 0.25) is 0 Å². The lowest BCUT2D eigenvalue weighted by Crippen LogP contribution is -2.31. The van der Waals surface area contributed by atoms with Crippen LogP contribution in [-0.2, 0) is 17.6 Å². The van der Waals surface area contributed by atoms with Crippen molar-refractivity contribution < 1.29 is 9.21 Å². The highest BCUT2D eigenvalue weighted by atomic mass is 32.1. The number of nitrogens with zero attached hydrogens (tertiary/aromatic N) is 2. The molecular weight excluding hydrogens is 296 g/mol. The van der Waals surface area contributed by atoms with Gasteiger partial charge >= 0.3 is 0 Å². The first-order chi connectivity index (χ1) is 10.6. The third kappa shape index (κ3) is 2.19. The minimum absolute atomic E-state index is 0.192. The first-order valence-corrected chi connectivity index (χ1v) is 8.82. The molecule has 0 atom stereocenters. The SMILES string of the molecule is Cc1cc2c(o1)CCc1sc(N(C)C(=O)C3CCCC3)nc1-2. The number of rotatable bonds is 2.